The highest BCUT2D eigenvalue weighted by Crippen LogP contribution is 2.11. The summed E-state index contributed by atoms with van der Waals surface area (Å²) < 4.78 is 21.4. The molecule has 0 spiro atoms. The lowest BCUT2D eigenvalue weighted by Crippen LogP contribution is -2.36. The Labute approximate surface area is 98.4 Å². The molecule has 1 heterocycles. The summed E-state index contributed by atoms with van der Waals surface area (Å²) in [6.45, 7) is 7.32. The molecule has 1 rings (SSSR count). The van der Waals surface area contributed by atoms with Crippen LogP contribution in [-0.4, -0.2) is 50.8 Å². The van der Waals surface area contributed by atoms with E-state index in [2.05, 4.69) is 24.1 Å². The summed E-state index contributed by atoms with van der Waals surface area (Å²) in [5.74, 6) is 0.0701. The predicted octanol–water partition coefficient (Wildman–Crippen LogP) is -0.263. The van der Waals surface area contributed by atoms with Crippen LogP contribution in [0.4, 0.5) is 0 Å². The molecular weight excluding hydrogens is 226 g/mol. The van der Waals surface area contributed by atoms with Crippen molar-refractivity contribution in [3.05, 3.63) is 0 Å². The maximum Gasteiger partial charge on any atom is 0.209 e. The molecule has 0 aromatic heterocycles. The van der Waals surface area contributed by atoms with Crippen molar-refractivity contribution in [3.63, 3.8) is 0 Å². The van der Waals surface area contributed by atoms with Gasteiger partial charge in [-0.25, -0.2) is 13.6 Å². The molecule has 0 bridgehead atoms. The number of nitrogens with zero attached hydrogens (tertiary/aromatic N) is 1. The normalized spacial score (nSPS) is 23.1. The fourth-order valence-electron chi connectivity index (χ4n) is 2.00. The van der Waals surface area contributed by atoms with Crippen LogP contribution < -0.4 is 10.5 Å². The molecule has 1 aliphatic rings. The van der Waals surface area contributed by atoms with Crippen LogP contribution in [0.5, 0.6) is 0 Å². The van der Waals surface area contributed by atoms with Crippen LogP contribution in [0.15, 0.2) is 0 Å². The predicted molar refractivity (Wildman–Crippen MR) is 65.7 cm³/mol. The Hall–Kier alpha value is -0.170. The van der Waals surface area contributed by atoms with Gasteiger partial charge in [0.15, 0.2) is 0 Å². The Balaban J connectivity index is 2.11. The second kappa shape index (κ2) is 5.95. The molecule has 96 valence electrons. The van der Waals surface area contributed by atoms with E-state index in [9.17, 15) is 8.42 Å². The lowest BCUT2D eigenvalue weighted by atomic mass is 10.2. The van der Waals surface area contributed by atoms with Crippen molar-refractivity contribution in [1.82, 2.24) is 10.2 Å². The van der Waals surface area contributed by atoms with Crippen LogP contribution in [0.25, 0.3) is 0 Å². The highest BCUT2D eigenvalue weighted by Gasteiger charge is 2.23. The van der Waals surface area contributed by atoms with Crippen LogP contribution in [0.3, 0.4) is 0 Å². The van der Waals surface area contributed by atoms with E-state index < -0.39 is 10.0 Å². The minimum atomic E-state index is -3.29. The number of nitrogens with one attached hydrogen (secondary N) is 1. The Bertz CT molecular complexity index is 303. The van der Waals surface area contributed by atoms with Gasteiger partial charge in [-0.2, -0.15) is 0 Å². The number of nitrogens with two attached hydrogens (primary N) is 1. The van der Waals surface area contributed by atoms with Gasteiger partial charge in [0, 0.05) is 18.6 Å². The second-order valence-corrected chi connectivity index (χ2v) is 6.48. The van der Waals surface area contributed by atoms with Crippen molar-refractivity contribution in [2.75, 3.05) is 25.4 Å². The zero-order valence-corrected chi connectivity index (χ0v) is 11.0. The molecule has 1 saturated heterocycles. The highest BCUT2D eigenvalue weighted by atomic mass is 32.2. The van der Waals surface area contributed by atoms with Crippen molar-refractivity contribution in [2.24, 2.45) is 5.14 Å². The van der Waals surface area contributed by atoms with E-state index in [1.807, 2.05) is 0 Å². The molecule has 1 atom stereocenters. The molecule has 3 N–H and O–H groups in total. The van der Waals surface area contributed by atoms with E-state index in [0.29, 0.717) is 18.5 Å². The van der Waals surface area contributed by atoms with Crippen LogP contribution in [0.1, 0.15) is 26.7 Å². The topological polar surface area (TPSA) is 75.4 Å². The van der Waals surface area contributed by atoms with Gasteiger partial charge in [-0.3, -0.25) is 4.90 Å². The van der Waals surface area contributed by atoms with Crippen LogP contribution >= 0.6 is 0 Å². The van der Waals surface area contributed by atoms with Gasteiger partial charge in [0.25, 0.3) is 0 Å². The van der Waals surface area contributed by atoms with E-state index in [1.165, 1.54) is 0 Å². The third-order valence-corrected chi connectivity index (χ3v) is 3.85. The zero-order chi connectivity index (χ0) is 12.2. The van der Waals surface area contributed by atoms with E-state index in [1.54, 1.807) is 0 Å². The van der Waals surface area contributed by atoms with Crippen LogP contribution in [0, 0.1) is 0 Å². The first-order valence-electron chi connectivity index (χ1n) is 5.86. The minimum Gasteiger partial charge on any atom is -0.313 e. The Morgan fingerprint density at radius 3 is 2.69 bits per heavy atom. The van der Waals surface area contributed by atoms with Gasteiger partial charge in [-0.1, -0.05) is 0 Å². The fraction of sp³-hybridized carbons (Fsp3) is 1.00. The molecule has 1 aliphatic heterocycles. The van der Waals surface area contributed by atoms with Gasteiger partial charge in [-0.05, 0) is 39.8 Å². The molecule has 16 heavy (non-hydrogen) atoms. The van der Waals surface area contributed by atoms with Gasteiger partial charge in [0.05, 0.1) is 5.75 Å². The summed E-state index contributed by atoms with van der Waals surface area (Å²) in [6.07, 6.45) is 1.74. The fourth-order valence-corrected chi connectivity index (χ4v) is 2.55. The summed E-state index contributed by atoms with van der Waals surface area (Å²) in [5, 5.41) is 8.31. The standard InChI is InChI=1S/C10H23N3O2S/c1-9(2)13-6-4-10(8-13)12-5-3-7-16(11,14)15/h9-10,12H,3-8H2,1-2H3,(H2,11,14,15). The minimum absolute atomic E-state index is 0.0701. The Morgan fingerprint density at radius 2 is 2.19 bits per heavy atom. The van der Waals surface area contributed by atoms with Gasteiger partial charge < -0.3 is 5.32 Å². The van der Waals surface area contributed by atoms with Gasteiger partial charge in [0.2, 0.25) is 10.0 Å². The lowest BCUT2D eigenvalue weighted by Gasteiger charge is -2.20. The SMILES string of the molecule is CC(C)N1CCC(NCCCS(N)(=O)=O)C1. The number of primary sulfonamides is 1. The van der Waals surface area contributed by atoms with Crippen molar-refractivity contribution < 1.29 is 8.42 Å². The van der Waals surface area contributed by atoms with Crippen molar-refractivity contribution in [3.8, 4) is 0 Å². The van der Waals surface area contributed by atoms with Crippen molar-refractivity contribution in [2.45, 2.75) is 38.8 Å². The third kappa shape index (κ3) is 5.25. The highest BCUT2D eigenvalue weighted by molar-refractivity contribution is 7.89. The number of rotatable bonds is 6. The summed E-state index contributed by atoms with van der Waals surface area (Å²) >= 11 is 0. The summed E-state index contributed by atoms with van der Waals surface area (Å²) in [5.41, 5.74) is 0. The summed E-state index contributed by atoms with van der Waals surface area (Å²) in [6, 6.07) is 1.10. The maximum absolute atomic E-state index is 10.7. The monoisotopic (exact) mass is 249 g/mol. The zero-order valence-electron chi connectivity index (χ0n) is 10.1. The quantitative estimate of drug-likeness (QED) is 0.636. The Kier molecular flexibility index (Phi) is 5.17. The number of likely N-dealkylation sites (tertiary alicyclic amines) is 1. The first-order valence-corrected chi connectivity index (χ1v) is 7.58. The molecule has 0 aromatic rings. The first kappa shape index (κ1) is 13.9. The average molecular weight is 249 g/mol. The average Bonchev–Trinajstić information content (AvgIpc) is 2.59. The molecule has 0 saturated carbocycles. The lowest BCUT2D eigenvalue weighted by molar-refractivity contribution is 0.268. The third-order valence-electron chi connectivity index (χ3n) is 2.99. The molecule has 1 fully saturated rings. The number of sulfonamides is 1. The summed E-state index contributed by atoms with van der Waals surface area (Å²) in [7, 11) is -3.29. The van der Waals surface area contributed by atoms with Crippen molar-refractivity contribution >= 4 is 10.0 Å². The van der Waals surface area contributed by atoms with Crippen LogP contribution in [0.2, 0.25) is 0 Å². The smallest absolute Gasteiger partial charge is 0.209 e. The van der Waals surface area contributed by atoms with Gasteiger partial charge in [-0.15, -0.1) is 0 Å². The van der Waals surface area contributed by atoms with Crippen LogP contribution in [-0.2, 0) is 10.0 Å². The van der Waals surface area contributed by atoms with E-state index >= 15 is 0 Å². The molecule has 5 nitrogen and oxygen atoms in total. The van der Waals surface area contributed by atoms with E-state index in [-0.39, 0.29) is 5.75 Å². The molecule has 6 heteroatoms. The molecule has 0 aliphatic carbocycles. The molecular formula is C10H23N3O2S. The van der Waals surface area contributed by atoms with Gasteiger partial charge >= 0.3 is 0 Å². The van der Waals surface area contributed by atoms with E-state index in [4.69, 9.17) is 5.14 Å². The largest absolute Gasteiger partial charge is 0.313 e. The number of hydrogen-bond acceptors (Lipinski definition) is 4. The Morgan fingerprint density at radius 1 is 1.50 bits per heavy atom. The maximum atomic E-state index is 10.7. The molecule has 0 aromatic carbocycles. The van der Waals surface area contributed by atoms with E-state index in [0.717, 1.165) is 26.1 Å². The number of hydrogen-bond donors (Lipinski definition) is 2. The second-order valence-electron chi connectivity index (χ2n) is 4.75. The van der Waals surface area contributed by atoms with Crippen molar-refractivity contribution in [1.29, 1.82) is 0 Å². The summed E-state index contributed by atoms with van der Waals surface area (Å²) in [4.78, 5) is 2.43. The molecule has 0 amide bonds. The van der Waals surface area contributed by atoms with Gasteiger partial charge in [0.1, 0.15) is 0 Å². The molecule has 0 radical (unpaired) electrons. The first-order chi connectivity index (χ1) is 7.38. The molecule has 1 unspecified atom stereocenters.